The van der Waals surface area contributed by atoms with Gasteiger partial charge in [0.05, 0.1) is 6.61 Å². The van der Waals surface area contributed by atoms with Gasteiger partial charge in [-0.05, 0) is 38.2 Å². The number of aliphatic hydroxyl groups is 1. The molecule has 1 aliphatic heterocycles. The number of halogens is 1. The van der Waals surface area contributed by atoms with Crippen molar-refractivity contribution >= 4 is 23.2 Å². The van der Waals surface area contributed by atoms with Gasteiger partial charge in [0.2, 0.25) is 5.91 Å². The normalized spacial score (nSPS) is 25.6. The van der Waals surface area contributed by atoms with Crippen LogP contribution in [0.3, 0.4) is 0 Å². The minimum Gasteiger partial charge on any atom is -0.394 e. The Bertz CT molecular complexity index is 435. The third-order valence-corrected chi connectivity index (χ3v) is 3.75. The number of aliphatic hydroxyl groups excluding tert-OH is 1. The summed E-state index contributed by atoms with van der Waals surface area (Å²) in [5, 5.41) is 9.99. The minimum absolute atomic E-state index is 0.0691. The first kappa shape index (κ1) is 13.3. The first-order valence-electron chi connectivity index (χ1n) is 5.94. The predicted octanol–water partition coefficient (Wildman–Crippen LogP) is 1.37. The highest BCUT2D eigenvalue weighted by atomic mass is 35.5. The van der Waals surface area contributed by atoms with Crippen LogP contribution >= 0.6 is 11.6 Å². The maximum Gasteiger partial charge on any atom is 0.246 e. The fraction of sp³-hybridized carbons (Fsp3) is 0.462. The number of nitrogens with zero attached hydrogens (tertiary/aromatic N) is 2. The largest absolute Gasteiger partial charge is 0.394 e. The molecule has 2 atom stereocenters. The Hall–Kier alpha value is -1.10. The second-order valence-electron chi connectivity index (χ2n) is 4.64. The van der Waals surface area contributed by atoms with Crippen molar-refractivity contribution in [3.63, 3.8) is 0 Å². The Morgan fingerprint density at radius 1 is 1.39 bits per heavy atom. The lowest BCUT2D eigenvalue weighted by Crippen LogP contribution is -2.61. The molecule has 1 aromatic rings. The third-order valence-electron chi connectivity index (χ3n) is 3.50. The van der Waals surface area contributed by atoms with E-state index in [-0.39, 0.29) is 18.6 Å². The van der Waals surface area contributed by atoms with Gasteiger partial charge in [-0.3, -0.25) is 9.69 Å². The second-order valence-corrected chi connectivity index (χ2v) is 5.07. The van der Waals surface area contributed by atoms with Gasteiger partial charge in [0.25, 0.3) is 0 Å². The van der Waals surface area contributed by atoms with Crippen molar-refractivity contribution < 1.29 is 9.90 Å². The number of rotatable bonds is 2. The quantitative estimate of drug-likeness (QED) is 0.881. The van der Waals surface area contributed by atoms with Gasteiger partial charge in [-0.15, -0.1) is 0 Å². The highest BCUT2D eigenvalue weighted by molar-refractivity contribution is 6.30. The highest BCUT2D eigenvalue weighted by Gasteiger charge is 2.36. The molecule has 4 nitrogen and oxygen atoms in total. The zero-order valence-electron chi connectivity index (χ0n) is 10.5. The van der Waals surface area contributed by atoms with E-state index < -0.39 is 6.04 Å². The molecule has 0 aliphatic carbocycles. The lowest BCUT2D eigenvalue weighted by atomic mass is 10.1. The number of piperazine rings is 1. The third kappa shape index (κ3) is 2.36. The van der Waals surface area contributed by atoms with Crippen LogP contribution < -0.4 is 4.90 Å². The van der Waals surface area contributed by atoms with E-state index in [1.165, 1.54) is 0 Å². The lowest BCUT2D eigenvalue weighted by Gasteiger charge is -2.42. The summed E-state index contributed by atoms with van der Waals surface area (Å²) in [6.07, 6.45) is 0. The van der Waals surface area contributed by atoms with Crippen LogP contribution in [0.25, 0.3) is 0 Å². The van der Waals surface area contributed by atoms with Crippen LogP contribution in [-0.4, -0.2) is 48.2 Å². The molecular weight excluding hydrogens is 252 g/mol. The van der Waals surface area contributed by atoms with Crippen LogP contribution in [0.15, 0.2) is 24.3 Å². The van der Waals surface area contributed by atoms with Crippen molar-refractivity contribution in [1.82, 2.24) is 4.90 Å². The smallest absolute Gasteiger partial charge is 0.246 e. The second kappa shape index (κ2) is 5.26. The van der Waals surface area contributed by atoms with E-state index in [0.29, 0.717) is 11.6 Å². The number of hydrogen-bond acceptors (Lipinski definition) is 3. The van der Waals surface area contributed by atoms with E-state index in [0.717, 1.165) is 5.69 Å². The molecule has 0 radical (unpaired) electrons. The van der Waals surface area contributed by atoms with Crippen molar-refractivity contribution in [2.75, 3.05) is 25.1 Å². The Kier molecular flexibility index (Phi) is 3.90. The van der Waals surface area contributed by atoms with Gasteiger partial charge in [-0.1, -0.05) is 11.6 Å². The van der Waals surface area contributed by atoms with Gasteiger partial charge in [-0.25, -0.2) is 0 Å². The molecule has 18 heavy (non-hydrogen) atoms. The van der Waals surface area contributed by atoms with Gasteiger partial charge in [-0.2, -0.15) is 0 Å². The molecule has 0 spiro atoms. The minimum atomic E-state index is -0.468. The molecule has 0 aromatic heterocycles. The molecule has 1 aliphatic rings. The number of anilines is 1. The molecule has 1 N–H and O–H groups in total. The zero-order chi connectivity index (χ0) is 13.3. The average Bonchev–Trinajstić information content (AvgIpc) is 2.36. The number of likely N-dealkylation sites (N-methyl/N-ethyl adjacent to an activating group) is 1. The van der Waals surface area contributed by atoms with Gasteiger partial charge < -0.3 is 10.0 Å². The number of hydrogen-bond donors (Lipinski definition) is 1. The summed E-state index contributed by atoms with van der Waals surface area (Å²) >= 11 is 5.84. The first-order valence-corrected chi connectivity index (χ1v) is 6.32. The van der Waals surface area contributed by atoms with Crippen LogP contribution in [0.4, 0.5) is 5.69 Å². The van der Waals surface area contributed by atoms with Crippen molar-refractivity contribution in [3.8, 4) is 0 Å². The number of carbonyl (C=O) groups is 1. The Morgan fingerprint density at radius 2 is 2.00 bits per heavy atom. The summed E-state index contributed by atoms with van der Waals surface area (Å²) in [5.41, 5.74) is 0.822. The van der Waals surface area contributed by atoms with E-state index in [1.807, 2.05) is 31.0 Å². The van der Waals surface area contributed by atoms with E-state index in [2.05, 4.69) is 0 Å². The van der Waals surface area contributed by atoms with Crippen LogP contribution in [0.1, 0.15) is 6.92 Å². The van der Waals surface area contributed by atoms with Gasteiger partial charge >= 0.3 is 0 Å². The Labute approximate surface area is 112 Å². The molecule has 1 fully saturated rings. The highest BCUT2D eigenvalue weighted by Crippen LogP contribution is 2.24. The molecule has 2 unspecified atom stereocenters. The summed E-state index contributed by atoms with van der Waals surface area (Å²) in [6.45, 7) is 2.50. The van der Waals surface area contributed by atoms with Crippen molar-refractivity contribution in [2.45, 2.75) is 19.0 Å². The summed E-state index contributed by atoms with van der Waals surface area (Å²) in [5.74, 6) is -0.0691. The van der Waals surface area contributed by atoms with E-state index in [4.69, 9.17) is 11.6 Å². The predicted molar refractivity (Wildman–Crippen MR) is 71.9 cm³/mol. The molecular formula is C13H17ClN2O2. The zero-order valence-corrected chi connectivity index (χ0v) is 11.3. The molecule has 0 bridgehead atoms. The molecule has 1 saturated heterocycles. The SMILES string of the molecule is CC1CN(c2ccc(Cl)cc2)C(=O)C(CO)N1C. The monoisotopic (exact) mass is 268 g/mol. The standard InChI is InChI=1S/C13H17ClN2O2/c1-9-7-16(11-5-3-10(14)4-6-11)13(18)12(8-17)15(9)2/h3-6,9,12,17H,7-8H2,1-2H3. The van der Waals surface area contributed by atoms with Crippen LogP contribution in [0, 0.1) is 0 Å². The number of benzene rings is 1. The molecule has 1 aromatic carbocycles. The van der Waals surface area contributed by atoms with Crippen molar-refractivity contribution in [3.05, 3.63) is 29.3 Å². The van der Waals surface area contributed by atoms with Gasteiger partial charge in [0.15, 0.2) is 0 Å². The summed E-state index contributed by atoms with van der Waals surface area (Å²) < 4.78 is 0. The average molecular weight is 269 g/mol. The molecule has 1 amide bonds. The van der Waals surface area contributed by atoms with Crippen molar-refractivity contribution in [1.29, 1.82) is 0 Å². The summed E-state index contributed by atoms with van der Waals surface area (Å²) in [4.78, 5) is 15.9. The lowest BCUT2D eigenvalue weighted by molar-refractivity contribution is -0.128. The van der Waals surface area contributed by atoms with Crippen LogP contribution in [0.5, 0.6) is 0 Å². The van der Waals surface area contributed by atoms with Crippen LogP contribution in [0.2, 0.25) is 5.02 Å². The maximum absolute atomic E-state index is 12.3. The Balaban J connectivity index is 2.28. The molecule has 98 valence electrons. The summed E-state index contributed by atoms with van der Waals surface area (Å²) in [6, 6.07) is 6.92. The fourth-order valence-corrected chi connectivity index (χ4v) is 2.33. The van der Waals surface area contributed by atoms with Gasteiger partial charge in [0.1, 0.15) is 6.04 Å². The molecule has 5 heteroatoms. The van der Waals surface area contributed by atoms with Crippen LogP contribution in [-0.2, 0) is 4.79 Å². The number of carbonyl (C=O) groups excluding carboxylic acids is 1. The maximum atomic E-state index is 12.3. The molecule has 2 rings (SSSR count). The van der Waals surface area contributed by atoms with E-state index in [9.17, 15) is 9.90 Å². The topological polar surface area (TPSA) is 43.8 Å². The van der Waals surface area contributed by atoms with Crippen molar-refractivity contribution in [2.24, 2.45) is 0 Å². The van der Waals surface area contributed by atoms with E-state index in [1.54, 1.807) is 17.0 Å². The van der Waals surface area contributed by atoms with E-state index >= 15 is 0 Å². The molecule has 0 saturated carbocycles. The fourth-order valence-electron chi connectivity index (χ4n) is 2.20. The first-order chi connectivity index (χ1) is 8.54. The number of amides is 1. The Morgan fingerprint density at radius 3 is 2.56 bits per heavy atom. The summed E-state index contributed by atoms with van der Waals surface area (Å²) in [7, 11) is 1.86. The van der Waals surface area contributed by atoms with Gasteiger partial charge in [0, 0.05) is 23.3 Å². The molecule has 1 heterocycles.